The van der Waals surface area contributed by atoms with Gasteiger partial charge in [0.25, 0.3) is 11.8 Å². The van der Waals surface area contributed by atoms with Crippen molar-refractivity contribution in [3.8, 4) is 11.1 Å². The van der Waals surface area contributed by atoms with Gasteiger partial charge in [0.05, 0.1) is 11.8 Å². The van der Waals surface area contributed by atoms with Crippen molar-refractivity contribution in [2.24, 2.45) is 18.1 Å². The summed E-state index contributed by atoms with van der Waals surface area (Å²) in [5.41, 5.74) is 3.28. The lowest BCUT2D eigenvalue weighted by Crippen LogP contribution is -2.58. The summed E-state index contributed by atoms with van der Waals surface area (Å²) in [7, 11) is -2.25. The van der Waals surface area contributed by atoms with Crippen LogP contribution >= 0.6 is 0 Å². The van der Waals surface area contributed by atoms with E-state index in [2.05, 4.69) is 25.6 Å². The van der Waals surface area contributed by atoms with Gasteiger partial charge in [0.2, 0.25) is 21.8 Å². The standard InChI is InChI=1S/C39H43N7O7S/c1-45-32(19-20-40-45)35(47)41-31-16-6-4-2-3-5-11-24-22-39(24,38(50)44-54(51,52)26-17-18-26)42-36(48)33-21-25(23-46(33)37(31)49)53-43-34-29-14-9-7-12-27(29)28-13-8-10-15-30(28)34/h5,7-15,19-20,24-26,31,33H,2-4,6,16-18,21-23H2,1H3,(H,41,47)(H,42,48)(H,44,50)/b11-5-/t24?,25-,31+,33+,39?/m1/s1. The van der Waals surface area contributed by atoms with Crippen LogP contribution in [0.15, 0.2) is 78.1 Å². The lowest BCUT2D eigenvalue weighted by atomic mass is 10.0. The Balaban J connectivity index is 1.10. The van der Waals surface area contributed by atoms with Gasteiger partial charge in [0, 0.05) is 36.7 Å². The molecule has 5 aliphatic rings. The topological polar surface area (TPSA) is 181 Å². The Morgan fingerprint density at radius 2 is 1.67 bits per heavy atom. The first-order chi connectivity index (χ1) is 26.1. The third kappa shape index (κ3) is 6.80. The zero-order valence-corrected chi connectivity index (χ0v) is 30.8. The van der Waals surface area contributed by atoms with E-state index in [0.717, 1.165) is 35.1 Å². The molecule has 3 N–H and O–H groups in total. The number of sulfonamides is 1. The molecule has 3 aliphatic carbocycles. The van der Waals surface area contributed by atoms with Gasteiger partial charge in [-0.05, 0) is 55.7 Å². The molecule has 5 atom stereocenters. The molecule has 282 valence electrons. The second-order valence-electron chi connectivity index (χ2n) is 14.9. The molecule has 2 saturated carbocycles. The number of nitrogens with zero attached hydrogens (tertiary/aromatic N) is 4. The summed E-state index contributed by atoms with van der Waals surface area (Å²) in [4.78, 5) is 63.6. The quantitative estimate of drug-likeness (QED) is 0.190. The fraction of sp³-hybridized carbons (Fsp3) is 0.436. The molecular weight excluding hydrogens is 711 g/mol. The molecule has 8 rings (SSSR count). The largest absolute Gasteiger partial charge is 0.390 e. The van der Waals surface area contributed by atoms with E-state index >= 15 is 0 Å². The van der Waals surface area contributed by atoms with Crippen LogP contribution in [0, 0.1) is 5.92 Å². The molecule has 3 heterocycles. The molecule has 0 spiro atoms. The molecule has 1 saturated heterocycles. The van der Waals surface area contributed by atoms with Crippen LogP contribution in [0.4, 0.5) is 0 Å². The second kappa shape index (κ2) is 14.2. The molecule has 0 radical (unpaired) electrons. The predicted molar refractivity (Wildman–Crippen MR) is 198 cm³/mol. The predicted octanol–water partition coefficient (Wildman–Crippen LogP) is 2.94. The lowest BCUT2D eigenvalue weighted by Gasteiger charge is -2.29. The second-order valence-corrected chi connectivity index (χ2v) is 16.8. The molecule has 2 aromatic carbocycles. The number of aromatic nitrogens is 2. The fourth-order valence-electron chi connectivity index (χ4n) is 7.89. The van der Waals surface area contributed by atoms with Gasteiger partial charge in [-0.25, -0.2) is 8.42 Å². The number of rotatable bonds is 7. The van der Waals surface area contributed by atoms with Crippen molar-refractivity contribution in [1.82, 2.24) is 30.0 Å². The van der Waals surface area contributed by atoms with Gasteiger partial charge in [0.1, 0.15) is 35.1 Å². The van der Waals surface area contributed by atoms with Crippen molar-refractivity contribution >= 4 is 39.4 Å². The number of carbonyl (C=O) groups excluding carboxylic acids is 4. The number of hydrogen-bond donors (Lipinski definition) is 3. The van der Waals surface area contributed by atoms with Crippen LogP contribution in [0.25, 0.3) is 11.1 Å². The minimum atomic E-state index is -3.88. The summed E-state index contributed by atoms with van der Waals surface area (Å²) < 4.78 is 29.3. The number of fused-ring (bicyclic) bond motifs is 5. The molecule has 2 unspecified atom stereocenters. The lowest BCUT2D eigenvalue weighted by molar-refractivity contribution is -0.141. The van der Waals surface area contributed by atoms with Crippen LogP contribution in [0.1, 0.15) is 79.4 Å². The van der Waals surface area contributed by atoms with Crippen molar-refractivity contribution in [2.75, 3.05) is 6.54 Å². The zero-order valence-electron chi connectivity index (χ0n) is 29.9. The summed E-state index contributed by atoms with van der Waals surface area (Å²) in [6, 6.07) is 15.3. The Morgan fingerprint density at radius 3 is 2.33 bits per heavy atom. The van der Waals surface area contributed by atoms with Crippen LogP contribution < -0.4 is 15.4 Å². The van der Waals surface area contributed by atoms with E-state index < -0.39 is 68.5 Å². The van der Waals surface area contributed by atoms with Crippen molar-refractivity contribution in [3.05, 3.63) is 89.8 Å². The average molecular weight is 754 g/mol. The Bertz CT molecular complexity index is 2130. The van der Waals surface area contributed by atoms with E-state index in [1.165, 1.54) is 15.8 Å². The molecule has 3 fully saturated rings. The summed E-state index contributed by atoms with van der Waals surface area (Å²) in [5, 5.41) is 13.9. The number of hydrogen-bond acceptors (Lipinski definition) is 9. The maximum atomic E-state index is 14.6. The van der Waals surface area contributed by atoms with Gasteiger partial charge in [-0.2, -0.15) is 5.10 Å². The maximum Gasteiger partial charge on any atom is 0.270 e. The summed E-state index contributed by atoms with van der Waals surface area (Å²) in [6.07, 6.45) is 9.11. The molecule has 14 nitrogen and oxygen atoms in total. The van der Waals surface area contributed by atoms with E-state index in [-0.39, 0.29) is 25.1 Å². The number of carbonyl (C=O) groups is 4. The van der Waals surface area contributed by atoms with Gasteiger partial charge in [-0.3, -0.25) is 28.6 Å². The van der Waals surface area contributed by atoms with Crippen molar-refractivity contribution < 1.29 is 32.4 Å². The Labute approximate surface area is 313 Å². The number of allylic oxidation sites excluding steroid dienone is 1. The minimum Gasteiger partial charge on any atom is -0.390 e. The number of oxime groups is 1. The Morgan fingerprint density at radius 1 is 0.963 bits per heavy atom. The summed E-state index contributed by atoms with van der Waals surface area (Å²) in [6.45, 7) is -0.00629. The first-order valence-corrected chi connectivity index (χ1v) is 20.2. The van der Waals surface area contributed by atoms with Gasteiger partial charge in [0.15, 0.2) is 0 Å². The SMILES string of the molecule is Cn1nccc1C(=O)N[C@H]1CCCCC/C=C\C2CC2(C(=O)NS(=O)(=O)C2CC2)NC(=O)[C@@H]2C[C@@H](ON=C3c4ccccc4-c4ccccc43)CN2C1=O. The van der Waals surface area contributed by atoms with Crippen LogP contribution in [-0.2, 0) is 36.3 Å². The molecule has 3 aromatic rings. The van der Waals surface area contributed by atoms with E-state index in [1.54, 1.807) is 13.1 Å². The van der Waals surface area contributed by atoms with Crippen molar-refractivity contribution in [2.45, 2.75) is 86.8 Å². The monoisotopic (exact) mass is 753 g/mol. The molecule has 15 heteroatoms. The van der Waals surface area contributed by atoms with E-state index in [0.29, 0.717) is 37.8 Å². The van der Waals surface area contributed by atoms with Crippen LogP contribution in [0.3, 0.4) is 0 Å². The number of aryl methyl sites for hydroxylation is 1. The highest BCUT2D eigenvalue weighted by atomic mass is 32.2. The molecule has 2 aliphatic heterocycles. The zero-order chi connectivity index (χ0) is 37.6. The third-order valence-electron chi connectivity index (χ3n) is 11.1. The minimum absolute atomic E-state index is 0.00629. The van der Waals surface area contributed by atoms with E-state index in [9.17, 15) is 27.6 Å². The normalized spacial score (nSPS) is 27.2. The van der Waals surface area contributed by atoms with Gasteiger partial charge in [-0.15, -0.1) is 0 Å². The summed E-state index contributed by atoms with van der Waals surface area (Å²) in [5.74, 6) is -2.74. The molecule has 0 bridgehead atoms. The smallest absolute Gasteiger partial charge is 0.270 e. The van der Waals surface area contributed by atoms with Gasteiger partial charge < -0.3 is 20.4 Å². The van der Waals surface area contributed by atoms with E-state index in [1.807, 2.05) is 60.7 Å². The van der Waals surface area contributed by atoms with Crippen LogP contribution in [0.2, 0.25) is 0 Å². The van der Waals surface area contributed by atoms with Crippen molar-refractivity contribution in [3.63, 3.8) is 0 Å². The van der Waals surface area contributed by atoms with E-state index in [4.69, 9.17) is 4.84 Å². The molecule has 54 heavy (non-hydrogen) atoms. The van der Waals surface area contributed by atoms with Crippen LogP contribution in [0.5, 0.6) is 0 Å². The molecular formula is C39H43N7O7S. The highest BCUT2D eigenvalue weighted by Crippen LogP contribution is 2.46. The maximum absolute atomic E-state index is 14.6. The fourth-order valence-corrected chi connectivity index (χ4v) is 9.25. The highest BCUT2D eigenvalue weighted by Gasteiger charge is 2.62. The average Bonchev–Trinajstić information content (AvgIpc) is 4.01. The first kappa shape index (κ1) is 35.7. The van der Waals surface area contributed by atoms with Gasteiger partial charge in [-0.1, -0.05) is 78.7 Å². The highest BCUT2D eigenvalue weighted by molar-refractivity contribution is 7.91. The number of nitrogens with one attached hydrogen (secondary N) is 3. The van der Waals surface area contributed by atoms with Crippen LogP contribution in [-0.4, -0.2) is 88.0 Å². The number of amides is 4. The Hall–Kier alpha value is -5.31. The summed E-state index contributed by atoms with van der Waals surface area (Å²) >= 11 is 0. The van der Waals surface area contributed by atoms with Crippen molar-refractivity contribution in [1.29, 1.82) is 0 Å². The molecule has 4 amide bonds. The third-order valence-corrected chi connectivity index (χ3v) is 13.0. The first-order valence-electron chi connectivity index (χ1n) is 18.6. The Kier molecular flexibility index (Phi) is 9.36. The van der Waals surface area contributed by atoms with Gasteiger partial charge >= 0.3 is 0 Å². The molecule has 1 aromatic heterocycles. The number of benzene rings is 2.